The van der Waals surface area contributed by atoms with Gasteiger partial charge in [0.25, 0.3) is 0 Å². The highest BCUT2D eigenvalue weighted by atomic mass is 35.5. The van der Waals surface area contributed by atoms with Crippen LogP contribution in [0.15, 0.2) is 48.5 Å². The van der Waals surface area contributed by atoms with Crippen LogP contribution in [0.5, 0.6) is 0 Å². The average molecular weight is 345 g/mol. The van der Waals surface area contributed by atoms with E-state index < -0.39 is 0 Å². The fourth-order valence-corrected chi connectivity index (χ4v) is 2.18. The number of halogens is 1. The van der Waals surface area contributed by atoms with E-state index >= 15 is 0 Å². The Kier molecular flexibility index (Phi) is 6.09. The number of nitrogens with one attached hydrogen (secondary N) is 2. The van der Waals surface area contributed by atoms with E-state index in [4.69, 9.17) is 11.6 Å². The summed E-state index contributed by atoms with van der Waals surface area (Å²) in [4.78, 5) is 35.0. The number of anilines is 1. The zero-order chi connectivity index (χ0) is 17.5. The van der Waals surface area contributed by atoms with Crippen molar-refractivity contribution in [2.45, 2.75) is 13.3 Å². The van der Waals surface area contributed by atoms with Gasteiger partial charge in [0.2, 0.25) is 11.8 Å². The first-order valence-electron chi connectivity index (χ1n) is 7.36. The Morgan fingerprint density at radius 2 is 1.71 bits per heavy atom. The summed E-state index contributed by atoms with van der Waals surface area (Å²) < 4.78 is 0. The van der Waals surface area contributed by atoms with Crippen LogP contribution in [0.3, 0.4) is 0 Å². The summed E-state index contributed by atoms with van der Waals surface area (Å²) in [6.07, 6.45) is 0.171. The summed E-state index contributed by atoms with van der Waals surface area (Å²) in [6, 6.07) is 13.6. The van der Waals surface area contributed by atoms with E-state index in [-0.39, 0.29) is 30.6 Å². The molecule has 0 aliphatic carbocycles. The van der Waals surface area contributed by atoms with E-state index in [0.29, 0.717) is 16.3 Å². The maximum atomic E-state index is 11.9. The lowest BCUT2D eigenvalue weighted by Crippen LogP contribution is -2.33. The molecule has 2 N–H and O–H groups in total. The molecule has 0 heterocycles. The Bertz CT molecular complexity index is 757. The molecular weight excluding hydrogens is 328 g/mol. The van der Waals surface area contributed by atoms with Gasteiger partial charge in [-0.25, -0.2) is 0 Å². The topological polar surface area (TPSA) is 75.3 Å². The standard InChI is InChI=1S/C18H17ClN2O3/c1-12(22)14-3-2-4-16(10-14)21-18(24)11-20-17(23)9-13-5-7-15(19)8-6-13/h2-8,10H,9,11H2,1H3,(H,20,23)(H,21,24). The van der Waals surface area contributed by atoms with Crippen LogP contribution in [-0.2, 0) is 16.0 Å². The number of ketones is 1. The van der Waals surface area contributed by atoms with Gasteiger partial charge < -0.3 is 10.6 Å². The highest BCUT2D eigenvalue weighted by Gasteiger charge is 2.08. The number of Topliss-reactive ketones (excluding diaryl/α,β-unsaturated/α-hetero) is 1. The van der Waals surface area contributed by atoms with E-state index in [1.165, 1.54) is 6.92 Å². The smallest absolute Gasteiger partial charge is 0.243 e. The molecule has 0 bridgehead atoms. The summed E-state index contributed by atoms with van der Waals surface area (Å²) in [5, 5.41) is 5.80. The predicted octanol–water partition coefficient (Wildman–Crippen LogP) is 2.84. The Morgan fingerprint density at radius 3 is 2.38 bits per heavy atom. The van der Waals surface area contributed by atoms with Gasteiger partial charge in [0.1, 0.15) is 0 Å². The summed E-state index contributed by atoms with van der Waals surface area (Å²) in [5.41, 5.74) is 1.84. The van der Waals surface area contributed by atoms with Crippen LogP contribution in [0.1, 0.15) is 22.8 Å². The number of benzene rings is 2. The largest absolute Gasteiger partial charge is 0.347 e. The summed E-state index contributed by atoms with van der Waals surface area (Å²) in [5.74, 6) is -0.701. The first-order valence-corrected chi connectivity index (χ1v) is 7.74. The average Bonchev–Trinajstić information content (AvgIpc) is 2.55. The Hall–Kier alpha value is -2.66. The third-order valence-corrected chi connectivity index (χ3v) is 3.53. The monoisotopic (exact) mass is 344 g/mol. The molecule has 0 spiro atoms. The van der Waals surface area contributed by atoms with Crippen molar-refractivity contribution in [3.05, 3.63) is 64.7 Å². The van der Waals surface area contributed by atoms with Crippen molar-refractivity contribution in [1.82, 2.24) is 5.32 Å². The molecule has 6 heteroatoms. The molecule has 0 aromatic heterocycles. The van der Waals surface area contributed by atoms with Crippen molar-refractivity contribution >= 4 is 34.9 Å². The normalized spacial score (nSPS) is 10.1. The Labute approximate surface area is 145 Å². The van der Waals surface area contributed by atoms with Crippen molar-refractivity contribution in [3.63, 3.8) is 0 Å². The first-order chi connectivity index (χ1) is 11.4. The molecule has 2 rings (SSSR count). The van der Waals surface area contributed by atoms with Crippen LogP contribution in [-0.4, -0.2) is 24.1 Å². The molecule has 124 valence electrons. The second kappa shape index (κ2) is 8.26. The second-order valence-electron chi connectivity index (χ2n) is 5.27. The lowest BCUT2D eigenvalue weighted by Gasteiger charge is -2.08. The lowest BCUT2D eigenvalue weighted by atomic mass is 10.1. The van der Waals surface area contributed by atoms with E-state index in [0.717, 1.165) is 5.56 Å². The first kappa shape index (κ1) is 17.7. The molecule has 2 aromatic rings. The fraction of sp³-hybridized carbons (Fsp3) is 0.167. The van der Waals surface area contributed by atoms with Gasteiger partial charge in [0, 0.05) is 16.3 Å². The number of amides is 2. The maximum absolute atomic E-state index is 11.9. The zero-order valence-electron chi connectivity index (χ0n) is 13.1. The number of rotatable bonds is 6. The molecule has 0 saturated heterocycles. The van der Waals surface area contributed by atoms with Crippen LogP contribution in [0.4, 0.5) is 5.69 Å². The maximum Gasteiger partial charge on any atom is 0.243 e. The molecule has 0 fully saturated rings. The molecule has 0 aliphatic heterocycles. The van der Waals surface area contributed by atoms with Crippen LogP contribution >= 0.6 is 11.6 Å². The van der Waals surface area contributed by atoms with Crippen LogP contribution in [0.25, 0.3) is 0 Å². The second-order valence-corrected chi connectivity index (χ2v) is 5.70. The van der Waals surface area contributed by atoms with E-state index in [9.17, 15) is 14.4 Å². The molecule has 0 radical (unpaired) electrons. The van der Waals surface area contributed by atoms with Crippen LogP contribution in [0.2, 0.25) is 5.02 Å². The molecule has 2 aromatic carbocycles. The summed E-state index contributed by atoms with van der Waals surface area (Å²) >= 11 is 5.78. The summed E-state index contributed by atoms with van der Waals surface area (Å²) in [6.45, 7) is 1.31. The van der Waals surface area contributed by atoms with Crippen molar-refractivity contribution in [3.8, 4) is 0 Å². The van der Waals surface area contributed by atoms with Crippen LogP contribution < -0.4 is 10.6 Å². The molecule has 0 saturated carbocycles. The minimum Gasteiger partial charge on any atom is -0.347 e. The molecule has 2 amide bonds. The molecule has 5 nitrogen and oxygen atoms in total. The minimum absolute atomic E-state index is 0.0811. The fourth-order valence-electron chi connectivity index (χ4n) is 2.05. The molecule has 0 atom stereocenters. The zero-order valence-corrected chi connectivity index (χ0v) is 13.9. The van der Waals surface area contributed by atoms with E-state index in [2.05, 4.69) is 10.6 Å². The van der Waals surface area contributed by atoms with Crippen molar-refractivity contribution in [2.75, 3.05) is 11.9 Å². The Balaban J connectivity index is 1.82. The lowest BCUT2D eigenvalue weighted by molar-refractivity contribution is -0.123. The van der Waals surface area contributed by atoms with Crippen molar-refractivity contribution in [2.24, 2.45) is 0 Å². The van der Waals surface area contributed by atoms with E-state index in [1.807, 2.05) is 0 Å². The van der Waals surface area contributed by atoms with Crippen LogP contribution in [0, 0.1) is 0 Å². The van der Waals surface area contributed by atoms with Gasteiger partial charge in [0.05, 0.1) is 13.0 Å². The Morgan fingerprint density at radius 1 is 1.00 bits per heavy atom. The third-order valence-electron chi connectivity index (χ3n) is 3.28. The predicted molar refractivity (Wildman–Crippen MR) is 93.2 cm³/mol. The van der Waals surface area contributed by atoms with Gasteiger partial charge in [0.15, 0.2) is 5.78 Å². The number of carbonyl (C=O) groups is 3. The SMILES string of the molecule is CC(=O)c1cccc(NC(=O)CNC(=O)Cc2ccc(Cl)cc2)c1. The van der Waals surface area contributed by atoms with Gasteiger partial charge >= 0.3 is 0 Å². The van der Waals surface area contributed by atoms with Gasteiger partial charge in [-0.05, 0) is 36.8 Å². The molecule has 0 unspecified atom stereocenters. The highest BCUT2D eigenvalue weighted by molar-refractivity contribution is 6.30. The molecule has 0 aliphatic rings. The third kappa shape index (κ3) is 5.52. The van der Waals surface area contributed by atoms with Gasteiger partial charge in [-0.15, -0.1) is 0 Å². The van der Waals surface area contributed by atoms with Crippen molar-refractivity contribution < 1.29 is 14.4 Å². The minimum atomic E-state index is -0.361. The van der Waals surface area contributed by atoms with Gasteiger partial charge in [-0.3, -0.25) is 14.4 Å². The van der Waals surface area contributed by atoms with Gasteiger partial charge in [-0.2, -0.15) is 0 Å². The van der Waals surface area contributed by atoms with E-state index in [1.54, 1.807) is 48.5 Å². The number of hydrogen-bond acceptors (Lipinski definition) is 3. The summed E-state index contributed by atoms with van der Waals surface area (Å²) in [7, 11) is 0. The number of hydrogen-bond donors (Lipinski definition) is 2. The van der Waals surface area contributed by atoms with Gasteiger partial charge in [-0.1, -0.05) is 35.9 Å². The number of carbonyl (C=O) groups excluding carboxylic acids is 3. The molecule has 24 heavy (non-hydrogen) atoms. The quantitative estimate of drug-likeness (QED) is 0.791. The highest BCUT2D eigenvalue weighted by Crippen LogP contribution is 2.11. The molecular formula is C18H17ClN2O3. The van der Waals surface area contributed by atoms with Crippen molar-refractivity contribution in [1.29, 1.82) is 0 Å².